The average Bonchev–Trinajstić information content (AvgIpc) is 4.14. The third-order valence-electron chi connectivity index (χ3n) is 14.6. The maximum Gasteiger partial charge on any atom is 0.160 e. The predicted octanol–water partition coefficient (Wildman–Crippen LogP) is 16.4. The maximum atomic E-state index is 10.1. The summed E-state index contributed by atoms with van der Waals surface area (Å²) in [5.41, 5.74) is 41.3. The minimum Gasteiger partial charge on any atom is -0.399 e. The summed E-state index contributed by atoms with van der Waals surface area (Å²) >= 11 is 0. The van der Waals surface area contributed by atoms with Gasteiger partial charge in [-0.25, -0.2) is 9.98 Å². The zero-order valence-corrected chi connectivity index (χ0v) is 43.3. The topological polar surface area (TPSA) is 136 Å². The molecular weight excluding hydrogens is 941 g/mol. The Morgan fingerprint density at radius 2 is 0.922 bits per heavy atom. The Morgan fingerprint density at radius 1 is 0.429 bits per heavy atom. The van der Waals surface area contributed by atoms with Gasteiger partial charge in [-0.15, -0.1) is 0 Å². The van der Waals surface area contributed by atoms with E-state index in [9.17, 15) is 5.26 Å². The van der Waals surface area contributed by atoms with E-state index >= 15 is 0 Å². The van der Waals surface area contributed by atoms with Crippen LogP contribution in [0, 0.1) is 32.1 Å². The Labute approximate surface area is 447 Å². The number of hydrogen-bond acceptors (Lipinski definition) is 5. The van der Waals surface area contributed by atoms with Crippen molar-refractivity contribution in [2.45, 2.75) is 27.7 Å². The smallest absolute Gasteiger partial charge is 0.160 e. The second kappa shape index (κ2) is 19.2. The molecule has 370 valence electrons. The summed E-state index contributed by atoms with van der Waals surface area (Å²) in [5, 5.41) is 14.4. The number of benzene rings is 10. The van der Waals surface area contributed by atoms with Crippen LogP contribution >= 0.6 is 0 Å². The highest BCUT2D eigenvalue weighted by Gasteiger charge is 2.21. The molecule has 8 heteroatoms. The Morgan fingerprint density at radius 3 is 1.52 bits per heavy atom. The van der Waals surface area contributed by atoms with Gasteiger partial charge in [0.1, 0.15) is 0 Å². The van der Waals surface area contributed by atoms with Crippen LogP contribution in [-0.2, 0) is 0 Å². The third-order valence-corrected chi connectivity index (χ3v) is 14.6. The van der Waals surface area contributed by atoms with Crippen molar-refractivity contribution in [3.05, 3.63) is 252 Å². The van der Waals surface area contributed by atoms with Crippen LogP contribution in [0.2, 0.25) is 0 Å². The lowest BCUT2D eigenvalue weighted by Gasteiger charge is -2.18. The summed E-state index contributed by atoms with van der Waals surface area (Å²) in [4.78, 5) is 11.0. The highest BCUT2D eigenvalue weighted by atomic mass is 15.0. The molecule has 0 spiro atoms. The highest BCUT2D eigenvalue weighted by Crippen LogP contribution is 2.41. The number of nitrogen functional groups attached to an aromatic ring is 3. The van der Waals surface area contributed by atoms with Crippen LogP contribution in [0.1, 0.15) is 45.9 Å². The van der Waals surface area contributed by atoms with E-state index in [2.05, 4.69) is 170 Å². The molecule has 2 aromatic heterocycles. The lowest BCUT2D eigenvalue weighted by Crippen LogP contribution is -2.08. The Bertz CT molecular complexity index is 4400. The average molecular weight is 995 g/mol. The van der Waals surface area contributed by atoms with Crippen LogP contribution in [0.25, 0.3) is 94.1 Å². The number of nitrogens with two attached hydrogens (primary N) is 3. The number of hydrogen-bond donors (Lipinski definition) is 3. The first kappa shape index (κ1) is 47.8. The third kappa shape index (κ3) is 8.76. The van der Waals surface area contributed by atoms with Gasteiger partial charge in [0, 0.05) is 66.6 Å². The van der Waals surface area contributed by atoms with Gasteiger partial charge in [-0.2, -0.15) is 5.26 Å². The van der Waals surface area contributed by atoms with Gasteiger partial charge in [-0.1, -0.05) is 132 Å². The van der Waals surface area contributed by atoms with Crippen LogP contribution in [-0.4, -0.2) is 20.7 Å². The fraction of sp³-hybridized carbons (Fsp3) is 0.0580. The predicted molar refractivity (Wildman–Crippen MR) is 324 cm³/mol. The Balaban J connectivity index is 1.10. The number of fused-ring (bicyclic) bond motifs is 6. The first-order valence-electron chi connectivity index (χ1n) is 25.6. The molecule has 0 atom stereocenters. The SMILES string of the molecule is C=C(N=C(N=C(C)c1ccc(-c2cccc(C)c2)c(-n2c3ccc(C)cc3c3cc(N)ccc32)c1)c1ccc(-c2cccc(N)c2)c(-n2c3ccc(C)cc3c3cc(N)ccc32)c1)c1cccc(-c2ccccc2C#N)c1. The highest BCUT2D eigenvalue weighted by molar-refractivity contribution is 6.16. The van der Waals surface area contributed by atoms with Crippen molar-refractivity contribution >= 4 is 77.9 Å². The van der Waals surface area contributed by atoms with Crippen molar-refractivity contribution in [2.24, 2.45) is 9.98 Å². The van der Waals surface area contributed by atoms with E-state index in [0.29, 0.717) is 34.2 Å². The lowest BCUT2D eigenvalue weighted by molar-refractivity contribution is 1.18. The molecule has 12 aromatic rings. The summed E-state index contributed by atoms with van der Waals surface area (Å²) in [6.07, 6.45) is 0. The standard InChI is InChI=1S/C69H54N8/c1-41-11-8-14-48(31-41)57-25-21-47(36-67(57)76-63-27-19-42(2)32-59(63)61-38-54(72)23-29-65(61)76)45(5)75-69(74-44(4)46-13-9-15-49(34-46)56-18-7-6-12-52(56)40-70)51-22-26-58(50-16-10-17-53(71)35-50)68(37-51)77-64-28-20-43(3)33-60(64)62-39-55(73)24-30-66(62)77/h6-39H,4,71-73H2,1-3,5H3. The van der Waals surface area contributed by atoms with E-state index in [4.69, 9.17) is 27.2 Å². The zero-order chi connectivity index (χ0) is 53.1. The number of nitrogens with zero attached hydrogens (tertiary/aromatic N) is 5. The van der Waals surface area contributed by atoms with E-state index in [1.807, 2.05) is 85.8 Å². The Hall–Kier alpha value is -10.2. The second-order valence-corrected chi connectivity index (χ2v) is 20.0. The first-order valence-corrected chi connectivity index (χ1v) is 25.6. The monoisotopic (exact) mass is 994 g/mol. The van der Waals surface area contributed by atoms with Gasteiger partial charge in [0.2, 0.25) is 0 Å². The first-order chi connectivity index (χ1) is 37.4. The molecule has 0 saturated heterocycles. The molecular formula is C69H54N8. The van der Waals surface area contributed by atoms with E-state index < -0.39 is 0 Å². The van der Waals surface area contributed by atoms with E-state index in [0.717, 1.165) is 116 Å². The van der Waals surface area contributed by atoms with Crippen LogP contribution < -0.4 is 17.2 Å². The molecule has 0 aliphatic rings. The van der Waals surface area contributed by atoms with E-state index in [-0.39, 0.29) is 0 Å². The number of aryl methyl sites for hydroxylation is 3. The summed E-state index contributed by atoms with van der Waals surface area (Å²) in [5.74, 6) is 0.462. The largest absolute Gasteiger partial charge is 0.399 e. The minimum atomic E-state index is 0.462. The number of anilines is 3. The van der Waals surface area contributed by atoms with Crippen LogP contribution in [0.5, 0.6) is 0 Å². The van der Waals surface area contributed by atoms with Gasteiger partial charge in [0.15, 0.2) is 5.84 Å². The van der Waals surface area contributed by atoms with Crippen LogP contribution in [0.4, 0.5) is 17.1 Å². The van der Waals surface area contributed by atoms with Crippen molar-refractivity contribution in [3.63, 3.8) is 0 Å². The van der Waals surface area contributed by atoms with Crippen molar-refractivity contribution in [1.29, 1.82) is 5.26 Å². The van der Waals surface area contributed by atoms with Gasteiger partial charge < -0.3 is 26.3 Å². The van der Waals surface area contributed by atoms with E-state index in [1.54, 1.807) is 0 Å². The molecule has 12 rings (SSSR count). The fourth-order valence-corrected chi connectivity index (χ4v) is 10.9. The molecule has 77 heavy (non-hydrogen) atoms. The molecule has 8 nitrogen and oxygen atoms in total. The quantitative estimate of drug-likeness (QED) is 0.0753. The van der Waals surface area contributed by atoms with Crippen molar-refractivity contribution in [2.75, 3.05) is 17.2 Å². The molecule has 0 amide bonds. The summed E-state index contributed by atoms with van der Waals surface area (Å²) in [6, 6.07) is 73.1. The maximum absolute atomic E-state index is 10.1. The van der Waals surface area contributed by atoms with Crippen molar-refractivity contribution < 1.29 is 0 Å². The van der Waals surface area contributed by atoms with Crippen LogP contribution in [0.3, 0.4) is 0 Å². The summed E-state index contributed by atoms with van der Waals surface area (Å²) in [6.45, 7) is 13.0. The lowest BCUT2D eigenvalue weighted by atomic mass is 9.98. The summed E-state index contributed by atoms with van der Waals surface area (Å²) < 4.78 is 4.66. The molecule has 2 heterocycles. The van der Waals surface area contributed by atoms with Crippen molar-refractivity contribution in [3.8, 4) is 50.8 Å². The molecule has 0 aliphatic heterocycles. The fourth-order valence-electron chi connectivity index (χ4n) is 10.9. The molecule has 10 aromatic carbocycles. The molecule has 0 radical (unpaired) electrons. The van der Waals surface area contributed by atoms with Gasteiger partial charge in [0.25, 0.3) is 0 Å². The molecule has 0 aliphatic carbocycles. The molecule has 0 bridgehead atoms. The minimum absolute atomic E-state index is 0.462. The normalized spacial score (nSPS) is 12.0. The number of nitriles is 1. The van der Waals surface area contributed by atoms with Crippen LogP contribution in [0.15, 0.2) is 223 Å². The molecule has 0 unspecified atom stereocenters. The number of rotatable bonds is 9. The molecule has 6 N–H and O–H groups in total. The number of amidine groups is 1. The number of aromatic nitrogens is 2. The summed E-state index contributed by atoms with van der Waals surface area (Å²) in [7, 11) is 0. The van der Waals surface area contributed by atoms with Gasteiger partial charge >= 0.3 is 0 Å². The van der Waals surface area contributed by atoms with E-state index in [1.165, 1.54) is 11.1 Å². The Kier molecular flexibility index (Phi) is 11.9. The van der Waals surface area contributed by atoms with Gasteiger partial charge in [0.05, 0.1) is 50.8 Å². The van der Waals surface area contributed by atoms with Crippen molar-refractivity contribution in [1.82, 2.24) is 9.13 Å². The van der Waals surface area contributed by atoms with Gasteiger partial charge in [-0.3, -0.25) is 0 Å². The van der Waals surface area contributed by atoms with Gasteiger partial charge in [-0.05, 0) is 153 Å². The number of aliphatic imine (C=N–C) groups is 2. The molecule has 0 saturated carbocycles. The molecule has 0 fully saturated rings. The second-order valence-electron chi connectivity index (χ2n) is 20.0. The zero-order valence-electron chi connectivity index (χ0n) is 43.3.